The SMILES string of the molecule is CC(NCc1ccc(C(N)=NO)cc1)C1CCCCC1. The van der Waals surface area contributed by atoms with Gasteiger partial charge in [-0.25, -0.2) is 0 Å². The summed E-state index contributed by atoms with van der Waals surface area (Å²) in [6.07, 6.45) is 6.88. The molecule has 1 aromatic carbocycles. The molecule has 1 fully saturated rings. The monoisotopic (exact) mass is 275 g/mol. The highest BCUT2D eigenvalue weighted by molar-refractivity contribution is 5.96. The van der Waals surface area contributed by atoms with Crippen LogP contribution >= 0.6 is 0 Å². The van der Waals surface area contributed by atoms with Gasteiger partial charge in [0.15, 0.2) is 5.84 Å². The highest BCUT2D eigenvalue weighted by atomic mass is 16.4. The predicted octanol–water partition coefficient (Wildman–Crippen LogP) is 2.84. The molecule has 1 aromatic rings. The van der Waals surface area contributed by atoms with Crippen molar-refractivity contribution in [3.05, 3.63) is 35.4 Å². The van der Waals surface area contributed by atoms with Crippen LogP contribution in [0.2, 0.25) is 0 Å². The van der Waals surface area contributed by atoms with Gasteiger partial charge in [0.2, 0.25) is 0 Å². The highest BCUT2D eigenvalue weighted by Crippen LogP contribution is 2.26. The first-order chi connectivity index (χ1) is 9.70. The quantitative estimate of drug-likeness (QED) is 0.335. The molecule has 1 saturated carbocycles. The third kappa shape index (κ3) is 3.97. The van der Waals surface area contributed by atoms with Gasteiger partial charge in [0.25, 0.3) is 0 Å². The summed E-state index contributed by atoms with van der Waals surface area (Å²) in [5.74, 6) is 0.972. The zero-order chi connectivity index (χ0) is 14.4. The number of amidine groups is 1. The second-order valence-electron chi connectivity index (χ2n) is 5.75. The van der Waals surface area contributed by atoms with Gasteiger partial charge >= 0.3 is 0 Å². The summed E-state index contributed by atoms with van der Waals surface area (Å²) in [5.41, 5.74) is 7.52. The van der Waals surface area contributed by atoms with Crippen LogP contribution in [-0.4, -0.2) is 17.1 Å². The summed E-state index contributed by atoms with van der Waals surface area (Å²) in [5, 5.41) is 15.3. The van der Waals surface area contributed by atoms with Crippen LogP contribution < -0.4 is 11.1 Å². The van der Waals surface area contributed by atoms with E-state index < -0.39 is 0 Å². The van der Waals surface area contributed by atoms with Gasteiger partial charge in [-0.05, 0) is 31.2 Å². The maximum Gasteiger partial charge on any atom is 0.170 e. The molecule has 2 rings (SSSR count). The number of nitrogens with one attached hydrogen (secondary N) is 1. The van der Waals surface area contributed by atoms with E-state index in [1.54, 1.807) is 0 Å². The van der Waals surface area contributed by atoms with Gasteiger partial charge < -0.3 is 16.3 Å². The minimum absolute atomic E-state index is 0.153. The van der Waals surface area contributed by atoms with Crippen LogP contribution in [0.5, 0.6) is 0 Å². The van der Waals surface area contributed by atoms with Gasteiger partial charge in [-0.2, -0.15) is 0 Å². The van der Waals surface area contributed by atoms with E-state index in [-0.39, 0.29) is 5.84 Å². The Morgan fingerprint density at radius 2 is 1.95 bits per heavy atom. The number of oxime groups is 1. The minimum Gasteiger partial charge on any atom is -0.409 e. The number of rotatable bonds is 5. The minimum atomic E-state index is 0.153. The van der Waals surface area contributed by atoms with E-state index in [1.165, 1.54) is 37.7 Å². The summed E-state index contributed by atoms with van der Waals surface area (Å²) >= 11 is 0. The topological polar surface area (TPSA) is 70.6 Å². The van der Waals surface area contributed by atoms with Crippen molar-refractivity contribution >= 4 is 5.84 Å². The van der Waals surface area contributed by atoms with E-state index in [0.29, 0.717) is 6.04 Å². The van der Waals surface area contributed by atoms with Gasteiger partial charge in [-0.1, -0.05) is 48.7 Å². The first-order valence-corrected chi connectivity index (χ1v) is 7.51. The number of nitrogens with zero attached hydrogens (tertiary/aromatic N) is 1. The van der Waals surface area contributed by atoms with Gasteiger partial charge in [-0.3, -0.25) is 0 Å². The van der Waals surface area contributed by atoms with Crippen molar-refractivity contribution in [3.8, 4) is 0 Å². The summed E-state index contributed by atoms with van der Waals surface area (Å²) in [7, 11) is 0. The molecule has 20 heavy (non-hydrogen) atoms. The Morgan fingerprint density at radius 1 is 1.30 bits per heavy atom. The Hall–Kier alpha value is -1.55. The molecule has 0 bridgehead atoms. The molecule has 4 N–H and O–H groups in total. The molecule has 0 spiro atoms. The molecular formula is C16H25N3O. The molecule has 0 heterocycles. The van der Waals surface area contributed by atoms with Crippen LogP contribution in [0.15, 0.2) is 29.4 Å². The summed E-state index contributed by atoms with van der Waals surface area (Å²) in [6.45, 7) is 3.16. The predicted molar refractivity (Wildman–Crippen MR) is 81.8 cm³/mol. The second-order valence-corrected chi connectivity index (χ2v) is 5.75. The lowest BCUT2D eigenvalue weighted by atomic mass is 9.84. The smallest absolute Gasteiger partial charge is 0.170 e. The van der Waals surface area contributed by atoms with Crippen LogP contribution in [-0.2, 0) is 6.54 Å². The van der Waals surface area contributed by atoms with Gasteiger partial charge in [0.05, 0.1) is 0 Å². The lowest BCUT2D eigenvalue weighted by Gasteiger charge is -2.28. The van der Waals surface area contributed by atoms with Crippen molar-refractivity contribution in [2.45, 2.75) is 51.6 Å². The summed E-state index contributed by atoms with van der Waals surface area (Å²) in [4.78, 5) is 0. The van der Waals surface area contributed by atoms with E-state index in [1.807, 2.05) is 24.3 Å². The molecule has 1 unspecified atom stereocenters. The summed E-state index contributed by atoms with van der Waals surface area (Å²) in [6, 6.07) is 8.38. The van der Waals surface area contributed by atoms with E-state index in [2.05, 4.69) is 17.4 Å². The molecule has 1 aliphatic carbocycles. The number of nitrogens with two attached hydrogens (primary N) is 1. The first-order valence-electron chi connectivity index (χ1n) is 7.51. The van der Waals surface area contributed by atoms with Crippen LogP contribution in [0.25, 0.3) is 0 Å². The zero-order valence-corrected chi connectivity index (χ0v) is 12.2. The largest absolute Gasteiger partial charge is 0.409 e. The van der Waals surface area contributed by atoms with Gasteiger partial charge in [0.1, 0.15) is 0 Å². The van der Waals surface area contributed by atoms with E-state index in [9.17, 15) is 0 Å². The van der Waals surface area contributed by atoms with E-state index in [4.69, 9.17) is 10.9 Å². The van der Waals surface area contributed by atoms with Crippen LogP contribution in [0, 0.1) is 5.92 Å². The Morgan fingerprint density at radius 3 is 2.55 bits per heavy atom. The van der Waals surface area contributed by atoms with Gasteiger partial charge in [0, 0.05) is 18.2 Å². The lowest BCUT2D eigenvalue weighted by molar-refractivity contribution is 0.280. The first kappa shape index (κ1) is 14.9. The van der Waals surface area contributed by atoms with Crippen molar-refractivity contribution in [3.63, 3.8) is 0 Å². The zero-order valence-electron chi connectivity index (χ0n) is 12.2. The molecule has 0 aliphatic heterocycles. The Kier molecular flexibility index (Phi) is 5.41. The van der Waals surface area contributed by atoms with Crippen molar-refractivity contribution < 1.29 is 5.21 Å². The van der Waals surface area contributed by atoms with Crippen molar-refractivity contribution in [2.75, 3.05) is 0 Å². The standard InChI is InChI=1S/C16H25N3O/c1-12(14-5-3-2-4-6-14)18-11-13-7-9-15(10-8-13)16(17)19-20/h7-10,12,14,18,20H,2-6,11H2,1H3,(H2,17,19). The molecular weight excluding hydrogens is 250 g/mol. The third-order valence-electron chi connectivity index (χ3n) is 4.34. The van der Waals surface area contributed by atoms with Crippen molar-refractivity contribution in [2.24, 2.45) is 16.8 Å². The average Bonchev–Trinajstić information content (AvgIpc) is 2.53. The number of hydrogen-bond acceptors (Lipinski definition) is 3. The molecule has 4 heteroatoms. The fourth-order valence-electron chi connectivity index (χ4n) is 2.93. The molecule has 0 aromatic heterocycles. The normalized spacial score (nSPS) is 18.9. The Bertz CT molecular complexity index is 436. The molecule has 1 aliphatic rings. The lowest BCUT2D eigenvalue weighted by Crippen LogP contribution is -2.34. The average molecular weight is 275 g/mol. The second kappa shape index (κ2) is 7.29. The van der Waals surface area contributed by atoms with Crippen LogP contribution in [0.3, 0.4) is 0 Å². The number of hydrogen-bond donors (Lipinski definition) is 3. The summed E-state index contributed by atoms with van der Waals surface area (Å²) < 4.78 is 0. The molecule has 0 radical (unpaired) electrons. The highest BCUT2D eigenvalue weighted by Gasteiger charge is 2.19. The molecule has 4 nitrogen and oxygen atoms in total. The van der Waals surface area contributed by atoms with Crippen molar-refractivity contribution in [1.29, 1.82) is 0 Å². The molecule has 0 amide bonds. The van der Waals surface area contributed by atoms with Gasteiger partial charge in [-0.15, -0.1) is 0 Å². The van der Waals surface area contributed by atoms with Crippen LogP contribution in [0.4, 0.5) is 0 Å². The van der Waals surface area contributed by atoms with E-state index >= 15 is 0 Å². The van der Waals surface area contributed by atoms with E-state index in [0.717, 1.165) is 18.0 Å². The fourth-order valence-corrected chi connectivity index (χ4v) is 2.93. The third-order valence-corrected chi connectivity index (χ3v) is 4.34. The molecule has 1 atom stereocenters. The fraction of sp³-hybridized carbons (Fsp3) is 0.562. The molecule has 110 valence electrons. The molecule has 0 saturated heterocycles. The Balaban J connectivity index is 1.84. The Labute approximate surface area is 121 Å². The number of benzene rings is 1. The maximum atomic E-state index is 8.63. The van der Waals surface area contributed by atoms with Crippen LogP contribution in [0.1, 0.15) is 50.2 Å². The maximum absolute atomic E-state index is 8.63. The van der Waals surface area contributed by atoms with Crippen molar-refractivity contribution in [1.82, 2.24) is 5.32 Å².